The topological polar surface area (TPSA) is 63.4 Å². The van der Waals surface area contributed by atoms with E-state index in [1.165, 1.54) is 15.6 Å². The normalized spacial score (nSPS) is 11.6. The van der Waals surface area contributed by atoms with Crippen molar-refractivity contribution in [2.75, 3.05) is 10.8 Å². The average molecular weight is 324 g/mol. The molecule has 0 bridgehead atoms. The van der Waals surface area contributed by atoms with Crippen LogP contribution in [0.25, 0.3) is 0 Å². The molecule has 21 heavy (non-hydrogen) atoms. The molecule has 2 aromatic rings. The van der Waals surface area contributed by atoms with Crippen LogP contribution in [0, 0.1) is 13.8 Å². The van der Waals surface area contributed by atoms with E-state index in [0.29, 0.717) is 22.0 Å². The van der Waals surface area contributed by atoms with Crippen LogP contribution >= 0.6 is 11.3 Å². The maximum absolute atomic E-state index is 13.0. The lowest BCUT2D eigenvalue weighted by Gasteiger charge is -2.24. The van der Waals surface area contributed by atoms with Crippen molar-refractivity contribution in [1.29, 1.82) is 0 Å². The van der Waals surface area contributed by atoms with Gasteiger partial charge in [-0.1, -0.05) is 12.1 Å². The molecule has 1 heterocycles. The molecule has 0 atom stereocenters. The third kappa shape index (κ3) is 2.97. The summed E-state index contributed by atoms with van der Waals surface area (Å²) < 4.78 is 27.5. The van der Waals surface area contributed by atoms with Gasteiger partial charge >= 0.3 is 0 Å². The van der Waals surface area contributed by atoms with Gasteiger partial charge in [-0.3, -0.25) is 4.31 Å². The maximum Gasteiger partial charge on any atom is 0.265 e. The van der Waals surface area contributed by atoms with Crippen molar-refractivity contribution in [1.82, 2.24) is 0 Å². The molecule has 0 saturated heterocycles. The monoisotopic (exact) mass is 324 g/mol. The van der Waals surface area contributed by atoms with Crippen LogP contribution in [0.15, 0.2) is 34.5 Å². The minimum Gasteiger partial charge on any atom is -0.326 e. The molecule has 0 radical (unpaired) electrons. The van der Waals surface area contributed by atoms with Crippen LogP contribution in [0.3, 0.4) is 0 Å². The van der Waals surface area contributed by atoms with Crippen LogP contribution in [0.5, 0.6) is 0 Å². The minimum atomic E-state index is -3.59. The summed E-state index contributed by atoms with van der Waals surface area (Å²) in [6, 6.07) is 7.51. The largest absolute Gasteiger partial charge is 0.326 e. The first kappa shape index (κ1) is 16.0. The van der Waals surface area contributed by atoms with Crippen molar-refractivity contribution in [3.63, 3.8) is 0 Å². The van der Waals surface area contributed by atoms with Gasteiger partial charge in [-0.2, -0.15) is 0 Å². The van der Waals surface area contributed by atoms with Gasteiger partial charge in [0, 0.05) is 18.0 Å². The fourth-order valence-electron chi connectivity index (χ4n) is 2.36. The zero-order valence-electron chi connectivity index (χ0n) is 12.5. The van der Waals surface area contributed by atoms with Gasteiger partial charge in [0.25, 0.3) is 10.0 Å². The number of benzene rings is 1. The molecule has 0 amide bonds. The summed E-state index contributed by atoms with van der Waals surface area (Å²) >= 11 is 1.40. The van der Waals surface area contributed by atoms with Crippen molar-refractivity contribution >= 4 is 27.0 Å². The molecular weight excluding hydrogens is 304 g/mol. The van der Waals surface area contributed by atoms with Gasteiger partial charge in [-0.25, -0.2) is 8.42 Å². The Hall–Kier alpha value is -1.37. The van der Waals surface area contributed by atoms with E-state index in [4.69, 9.17) is 5.73 Å². The zero-order chi connectivity index (χ0) is 15.6. The number of aryl methyl sites for hydroxylation is 2. The van der Waals surface area contributed by atoms with Crippen LogP contribution in [-0.2, 0) is 16.6 Å². The van der Waals surface area contributed by atoms with Gasteiger partial charge in [0.1, 0.15) is 4.90 Å². The van der Waals surface area contributed by atoms with Crippen molar-refractivity contribution in [2.45, 2.75) is 32.2 Å². The molecule has 0 aliphatic rings. The number of sulfonamides is 1. The summed E-state index contributed by atoms with van der Waals surface area (Å²) in [4.78, 5) is 1.07. The third-order valence-corrected chi connectivity index (χ3v) is 6.69. The van der Waals surface area contributed by atoms with Crippen molar-refractivity contribution in [3.05, 3.63) is 45.6 Å². The molecule has 114 valence electrons. The Morgan fingerprint density at radius 2 is 2.00 bits per heavy atom. The summed E-state index contributed by atoms with van der Waals surface area (Å²) in [7, 11) is -3.59. The predicted molar refractivity (Wildman–Crippen MR) is 88.3 cm³/mol. The highest BCUT2D eigenvalue weighted by Gasteiger charge is 2.28. The first-order chi connectivity index (χ1) is 9.91. The molecule has 0 unspecified atom stereocenters. The summed E-state index contributed by atoms with van der Waals surface area (Å²) in [6.07, 6.45) is 0. The van der Waals surface area contributed by atoms with Crippen LogP contribution < -0.4 is 10.0 Å². The third-order valence-electron chi connectivity index (χ3n) is 3.30. The van der Waals surface area contributed by atoms with Crippen LogP contribution in [0.1, 0.15) is 22.9 Å². The lowest BCUT2D eigenvalue weighted by atomic mass is 10.2. The molecular formula is C15H20N2O2S2. The molecule has 1 aromatic carbocycles. The molecule has 0 saturated carbocycles. The van der Waals surface area contributed by atoms with E-state index in [0.717, 1.165) is 11.1 Å². The van der Waals surface area contributed by atoms with Gasteiger partial charge in [0.2, 0.25) is 0 Å². The molecule has 1 aromatic heterocycles. The zero-order valence-corrected chi connectivity index (χ0v) is 14.1. The quantitative estimate of drug-likeness (QED) is 0.919. The van der Waals surface area contributed by atoms with Gasteiger partial charge in [0.05, 0.1) is 5.69 Å². The highest BCUT2D eigenvalue weighted by molar-refractivity contribution is 7.93. The Morgan fingerprint density at radius 1 is 1.29 bits per heavy atom. The number of nitrogens with two attached hydrogens (primary N) is 1. The summed E-state index contributed by atoms with van der Waals surface area (Å²) in [5.74, 6) is 0. The predicted octanol–water partition coefficient (Wildman–Crippen LogP) is 3.04. The van der Waals surface area contributed by atoms with Gasteiger partial charge in [-0.15, -0.1) is 11.3 Å². The highest BCUT2D eigenvalue weighted by atomic mass is 32.2. The van der Waals surface area contributed by atoms with Crippen LogP contribution in [0.4, 0.5) is 5.69 Å². The van der Waals surface area contributed by atoms with E-state index in [1.807, 2.05) is 50.4 Å². The minimum absolute atomic E-state index is 0.235. The first-order valence-electron chi connectivity index (χ1n) is 6.78. The van der Waals surface area contributed by atoms with E-state index >= 15 is 0 Å². The molecule has 6 heteroatoms. The number of hydrogen-bond donors (Lipinski definition) is 1. The van der Waals surface area contributed by atoms with E-state index < -0.39 is 10.0 Å². The molecule has 4 nitrogen and oxygen atoms in total. The van der Waals surface area contributed by atoms with Crippen LogP contribution in [0.2, 0.25) is 0 Å². The number of anilines is 1. The molecule has 2 N–H and O–H groups in total. The second kappa shape index (κ2) is 6.17. The van der Waals surface area contributed by atoms with Crippen molar-refractivity contribution in [2.24, 2.45) is 5.73 Å². The summed E-state index contributed by atoms with van der Waals surface area (Å²) in [5, 5.41) is 1.85. The lowest BCUT2D eigenvalue weighted by Crippen LogP contribution is -2.31. The SMILES string of the molecule is CCN(c1cccc(C)c1)S(=O)(=O)c1c(C)csc1CN. The standard InChI is InChI=1S/C15H20N2O2S2/c1-4-17(13-7-5-6-11(2)8-13)21(18,19)15-12(3)10-20-14(15)9-16/h5-8,10H,4,9,16H2,1-3H3. The second-order valence-electron chi connectivity index (χ2n) is 4.88. The Kier molecular flexibility index (Phi) is 4.70. The highest BCUT2D eigenvalue weighted by Crippen LogP contribution is 2.32. The molecule has 2 rings (SSSR count). The van der Waals surface area contributed by atoms with Gasteiger partial charge in [-0.05, 0) is 49.4 Å². The van der Waals surface area contributed by atoms with E-state index in [9.17, 15) is 8.42 Å². The smallest absolute Gasteiger partial charge is 0.265 e. The number of hydrogen-bond acceptors (Lipinski definition) is 4. The molecule has 0 aliphatic heterocycles. The van der Waals surface area contributed by atoms with Crippen molar-refractivity contribution in [3.8, 4) is 0 Å². The summed E-state index contributed by atoms with van der Waals surface area (Å²) in [5.41, 5.74) is 8.16. The number of nitrogens with zero attached hydrogens (tertiary/aromatic N) is 1. The number of rotatable bonds is 5. The van der Waals surface area contributed by atoms with E-state index in [2.05, 4.69) is 0 Å². The lowest BCUT2D eigenvalue weighted by molar-refractivity contribution is 0.590. The molecule has 0 fully saturated rings. The second-order valence-corrected chi connectivity index (χ2v) is 7.65. The molecule has 0 spiro atoms. The fourth-order valence-corrected chi connectivity index (χ4v) is 5.48. The van der Waals surface area contributed by atoms with Crippen molar-refractivity contribution < 1.29 is 8.42 Å². The first-order valence-corrected chi connectivity index (χ1v) is 9.10. The summed E-state index contributed by atoms with van der Waals surface area (Å²) in [6.45, 7) is 6.21. The van der Waals surface area contributed by atoms with Gasteiger partial charge in [0.15, 0.2) is 0 Å². The Morgan fingerprint density at radius 3 is 2.57 bits per heavy atom. The average Bonchev–Trinajstić information content (AvgIpc) is 2.81. The Balaban J connectivity index is 2.57. The maximum atomic E-state index is 13.0. The number of thiophene rings is 1. The van der Waals surface area contributed by atoms with E-state index in [-0.39, 0.29) is 6.54 Å². The Labute approximate surface area is 130 Å². The van der Waals surface area contributed by atoms with E-state index in [1.54, 1.807) is 0 Å². The van der Waals surface area contributed by atoms with Crippen LogP contribution in [-0.4, -0.2) is 15.0 Å². The Bertz CT molecular complexity index is 736. The fraction of sp³-hybridized carbons (Fsp3) is 0.333. The molecule has 0 aliphatic carbocycles. The van der Waals surface area contributed by atoms with Gasteiger partial charge < -0.3 is 5.73 Å².